The topological polar surface area (TPSA) is 58.6 Å². The van der Waals surface area contributed by atoms with Gasteiger partial charge in [-0.05, 0) is 25.0 Å². The zero-order valence-electron chi connectivity index (χ0n) is 11.8. The lowest BCUT2D eigenvalue weighted by molar-refractivity contribution is -0.128. The normalized spacial score (nSPS) is 21.5. The quantitative estimate of drug-likeness (QED) is 0.910. The lowest BCUT2D eigenvalue weighted by atomic mass is 10.1. The molecule has 2 amide bonds. The number of carbonyl (C=O) groups is 2. The molecule has 1 aromatic rings. The van der Waals surface area contributed by atoms with Crippen molar-refractivity contribution in [1.82, 2.24) is 10.2 Å². The van der Waals surface area contributed by atoms with Crippen molar-refractivity contribution < 1.29 is 18.7 Å². The maximum atomic E-state index is 14.0. The molecular weight excluding hydrogens is 275 g/mol. The fraction of sp³-hybridized carbons (Fsp3) is 0.467. The number of ether oxygens (including phenoxy) is 1. The molecule has 2 fully saturated rings. The number of halogens is 1. The Hall–Kier alpha value is -2.11. The molecule has 1 heterocycles. The van der Waals surface area contributed by atoms with Crippen LogP contribution in [0.5, 0.6) is 5.75 Å². The Morgan fingerprint density at radius 1 is 1.43 bits per heavy atom. The van der Waals surface area contributed by atoms with Gasteiger partial charge in [0.05, 0.1) is 18.7 Å². The van der Waals surface area contributed by atoms with Crippen molar-refractivity contribution in [2.45, 2.75) is 31.3 Å². The summed E-state index contributed by atoms with van der Waals surface area (Å²) in [5.41, 5.74) is -0.0633. The molecule has 6 heteroatoms. The van der Waals surface area contributed by atoms with Crippen LogP contribution in [0, 0.1) is 5.82 Å². The number of amides is 2. The Morgan fingerprint density at radius 2 is 2.19 bits per heavy atom. The van der Waals surface area contributed by atoms with Gasteiger partial charge in [0.15, 0.2) is 11.6 Å². The van der Waals surface area contributed by atoms with Gasteiger partial charge in [0, 0.05) is 19.0 Å². The van der Waals surface area contributed by atoms with E-state index in [-0.39, 0.29) is 29.7 Å². The minimum atomic E-state index is -0.680. The van der Waals surface area contributed by atoms with E-state index in [1.54, 1.807) is 6.07 Å². The summed E-state index contributed by atoms with van der Waals surface area (Å²) in [7, 11) is 1.35. The third kappa shape index (κ3) is 2.70. The summed E-state index contributed by atoms with van der Waals surface area (Å²) in [6.45, 7) is 0.515. The minimum absolute atomic E-state index is 0.0322. The van der Waals surface area contributed by atoms with Gasteiger partial charge in [-0.1, -0.05) is 6.07 Å². The predicted molar refractivity (Wildman–Crippen MR) is 73.6 cm³/mol. The number of benzene rings is 1. The molecule has 1 atom stereocenters. The summed E-state index contributed by atoms with van der Waals surface area (Å²) in [5, 5.41) is 2.73. The number of rotatable bonds is 4. The van der Waals surface area contributed by atoms with Crippen LogP contribution in [-0.2, 0) is 4.79 Å². The van der Waals surface area contributed by atoms with Crippen molar-refractivity contribution in [3.8, 4) is 5.75 Å². The highest BCUT2D eigenvalue weighted by Gasteiger charge is 2.39. The molecule has 2 aliphatic rings. The fourth-order valence-corrected chi connectivity index (χ4v) is 2.67. The first-order chi connectivity index (χ1) is 10.1. The average Bonchev–Trinajstić information content (AvgIpc) is 3.23. The van der Waals surface area contributed by atoms with E-state index in [1.807, 2.05) is 4.90 Å². The van der Waals surface area contributed by atoms with E-state index >= 15 is 0 Å². The largest absolute Gasteiger partial charge is 0.494 e. The summed E-state index contributed by atoms with van der Waals surface area (Å²) >= 11 is 0. The summed E-state index contributed by atoms with van der Waals surface area (Å²) in [6, 6.07) is 4.51. The van der Waals surface area contributed by atoms with E-state index in [4.69, 9.17) is 4.74 Å². The Kier molecular flexibility index (Phi) is 3.53. The van der Waals surface area contributed by atoms with Gasteiger partial charge in [0.25, 0.3) is 5.91 Å². The summed E-state index contributed by atoms with van der Waals surface area (Å²) in [6.07, 6.45) is 2.36. The Morgan fingerprint density at radius 3 is 2.86 bits per heavy atom. The molecule has 0 bridgehead atoms. The molecule has 3 rings (SSSR count). The molecule has 0 aromatic heterocycles. The van der Waals surface area contributed by atoms with Gasteiger partial charge in [-0.25, -0.2) is 4.39 Å². The zero-order chi connectivity index (χ0) is 15.0. The van der Waals surface area contributed by atoms with Gasteiger partial charge in [0.2, 0.25) is 5.91 Å². The van der Waals surface area contributed by atoms with Gasteiger partial charge in [-0.2, -0.15) is 0 Å². The Balaban J connectivity index is 1.68. The fourth-order valence-electron chi connectivity index (χ4n) is 2.67. The van der Waals surface area contributed by atoms with Gasteiger partial charge in [0.1, 0.15) is 0 Å². The SMILES string of the molecule is COc1cccc(C(=O)NC2CC(=O)N(C3CC3)C2)c1F. The van der Waals surface area contributed by atoms with Crippen LogP contribution in [0.1, 0.15) is 29.6 Å². The van der Waals surface area contributed by atoms with Crippen LogP contribution in [0.25, 0.3) is 0 Å². The summed E-state index contributed by atoms with van der Waals surface area (Å²) < 4.78 is 18.9. The molecule has 5 nitrogen and oxygen atoms in total. The number of carbonyl (C=O) groups excluding carboxylic acids is 2. The van der Waals surface area contributed by atoms with E-state index in [0.29, 0.717) is 12.6 Å². The molecule has 1 aliphatic heterocycles. The van der Waals surface area contributed by atoms with Gasteiger partial charge < -0.3 is 15.0 Å². The second-order valence-electron chi connectivity index (χ2n) is 5.47. The average molecular weight is 292 g/mol. The third-order valence-electron chi connectivity index (χ3n) is 3.91. The maximum Gasteiger partial charge on any atom is 0.254 e. The van der Waals surface area contributed by atoms with Crippen LogP contribution in [-0.4, -0.2) is 42.5 Å². The highest BCUT2D eigenvalue weighted by atomic mass is 19.1. The zero-order valence-corrected chi connectivity index (χ0v) is 11.8. The third-order valence-corrected chi connectivity index (χ3v) is 3.91. The van der Waals surface area contributed by atoms with Gasteiger partial charge in [-0.3, -0.25) is 9.59 Å². The second kappa shape index (κ2) is 5.35. The number of methoxy groups -OCH3 is 1. The standard InChI is InChI=1S/C15H17FN2O3/c1-21-12-4-2-3-11(14(12)16)15(20)17-9-7-13(19)18(8-9)10-5-6-10/h2-4,9-10H,5-8H2,1H3,(H,17,20). The highest BCUT2D eigenvalue weighted by molar-refractivity contribution is 5.95. The Bertz CT molecular complexity index is 586. The second-order valence-corrected chi connectivity index (χ2v) is 5.47. The molecular formula is C15H17FN2O3. The monoisotopic (exact) mass is 292 g/mol. The van der Waals surface area contributed by atoms with Crippen molar-refractivity contribution in [3.63, 3.8) is 0 Å². The first-order valence-corrected chi connectivity index (χ1v) is 7.03. The van der Waals surface area contributed by atoms with Crippen LogP contribution in [0.3, 0.4) is 0 Å². The van der Waals surface area contributed by atoms with Gasteiger partial charge >= 0.3 is 0 Å². The smallest absolute Gasteiger partial charge is 0.254 e. The van der Waals surface area contributed by atoms with Crippen molar-refractivity contribution in [1.29, 1.82) is 0 Å². The number of hydrogen-bond donors (Lipinski definition) is 1. The number of hydrogen-bond acceptors (Lipinski definition) is 3. The summed E-state index contributed by atoms with van der Waals surface area (Å²) in [4.78, 5) is 25.8. The lowest BCUT2D eigenvalue weighted by Crippen LogP contribution is -2.38. The molecule has 1 unspecified atom stereocenters. The van der Waals surface area contributed by atoms with E-state index in [0.717, 1.165) is 12.8 Å². The molecule has 0 spiro atoms. The van der Waals surface area contributed by atoms with Crippen molar-refractivity contribution in [3.05, 3.63) is 29.6 Å². The van der Waals surface area contributed by atoms with Crippen LogP contribution in [0.15, 0.2) is 18.2 Å². The van der Waals surface area contributed by atoms with Gasteiger partial charge in [-0.15, -0.1) is 0 Å². The Labute approximate surface area is 122 Å². The van der Waals surface area contributed by atoms with Crippen molar-refractivity contribution in [2.24, 2.45) is 0 Å². The number of nitrogens with zero attached hydrogens (tertiary/aromatic N) is 1. The molecule has 1 N–H and O–H groups in total. The molecule has 0 radical (unpaired) electrons. The van der Waals surface area contributed by atoms with E-state index in [1.165, 1.54) is 19.2 Å². The number of likely N-dealkylation sites (tertiary alicyclic amines) is 1. The predicted octanol–water partition coefficient (Wildman–Crippen LogP) is 1.33. The van der Waals surface area contributed by atoms with Crippen molar-refractivity contribution in [2.75, 3.05) is 13.7 Å². The molecule has 1 saturated carbocycles. The maximum absolute atomic E-state index is 14.0. The lowest BCUT2D eigenvalue weighted by Gasteiger charge is -2.16. The highest BCUT2D eigenvalue weighted by Crippen LogP contribution is 2.30. The number of nitrogens with one attached hydrogen (secondary N) is 1. The van der Waals surface area contributed by atoms with Crippen LogP contribution < -0.4 is 10.1 Å². The van der Waals surface area contributed by atoms with E-state index in [9.17, 15) is 14.0 Å². The minimum Gasteiger partial charge on any atom is -0.494 e. The van der Waals surface area contributed by atoms with Crippen molar-refractivity contribution >= 4 is 11.8 Å². The van der Waals surface area contributed by atoms with Crippen LogP contribution in [0.2, 0.25) is 0 Å². The summed E-state index contributed by atoms with van der Waals surface area (Å²) in [5.74, 6) is -1.10. The molecule has 1 saturated heterocycles. The van der Waals surface area contributed by atoms with Crippen LogP contribution >= 0.6 is 0 Å². The first-order valence-electron chi connectivity index (χ1n) is 7.03. The van der Waals surface area contributed by atoms with Crippen LogP contribution in [0.4, 0.5) is 4.39 Å². The first kappa shape index (κ1) is 13.9. The van der Waals surface area contributed by atoms with E-state index in [2.05, 4.69) is 5.32 Å². The molecule has 1 aliphatic carbocycles. The molecule has 1 aromatic carbocycles. The molecule has 112 valence electrons. The molecule has 21 heavy (non-hydrogen) atoms. The van der Waals surface area contributed by atoms with E-state index < -0.39 is 11.7 Å².